The van der Waals surface area contributed by atoms with Crippen LogP contribution in [0, 0.1) is 0 Å². The highest BCUT2D eigenvalue weighted by atomic mass is 16.5. The van der Waals surface area contributed by atoms with Crippen molar-refractivity contribution >= 4 is 0 Å². The molecule has 0 aromatic heterocycles. The van der Waals surface area contributed by atoms with Gasteiger partial charge in [-0.3, -0.25) is 0 Å². The second kappa shape index (κ2) is 7.36. The van der Waals surface area contributed by atoms with Gasteiger partial charge in [-0.05, 0) is 30.7 Å². The third-order valence-electron chi connectivity index (χ3n) is 3.11. The van der Waals surface area contributed by atoms with Crippen molar-refractivity contribution < 1.29 is 9.47 Å². The van der Waals surface area contributed by atoms with Crippen LogP contribution in [-0.2, 0) is 11.3 Å². The molecule has 1 aliphatic heterocycles. The highest BCUT2D eigenvalue weighted by molar-refractivity contribution is 5.28. The molecule has 1 fully saturated rings. The molecule has 0 radical (unpaired) electrons. The molecule has 1 heterocycles. The molecular formula is C14H22N2O2. The number of ether oxygens (including phenoxy) is 2. The van der Waals surface area contributed by atoms with Crippen LogP contribution in [0.5, 0.6) is 5.75 Å². The number of morpholine rings is 1. The fraction of sp³-hybridized carbons (Fsp3) is 0.571. The third-order valence-corrected chi connectivity index (χ3v) is 3.11. The number of rotatable bonds is 6. The summed E-state index contributed by atoms with van der Waals surface area (Å²) < 4.78 is 10.8. The van der Waals surface area contributed by atoms with Crippen molar-refractivity contribution in [2.45, 2.75) is 19.1 Å². The van der Waals surface area contributed by atoms with Crippen LogP contribution in [0.3, 0.4) is 0 Å². The van der Waals surface area contributed by atoms with Gasteiger partial charge in [0.25, 0.3) is 0 Å². The van der Waals surface area contributed by atoms with Crippen LogP contribution < -0.4 is 15.4 Å². The minimum absolute atomic E-state index is 0.358. The average molecular weight is 250 g/mol. The molecule has 1 aromatic carbocycles. The summed E-state index contributed by atoms with van der Waals surface area (Å²) in [6.45, 7) is 4.63. The third kappa shape index (κ3) is 4.29. The van der Waals surface area contributed by atoms with E-state index in [0.29, 0.717) is 6.10 Å². The van der Waals surface area contributed by atoms with Crippen LogP contribution in [0.15, 0.2) is 24.3 Å². The molecule has 1 atom stereocenters. The smallest absolute Gasteiger partial charge is 0.119 e. The molecule has 1 saturated heterocycles. The summed E-state index contributed by atoms with van der Waals surface area (Å²) in [5, 5.41) is 6.78. The van der Waals surface area contributed by atoms with Gasteiger partial charge in [0.15, 0.2) is 0 Å². The normalized spacial score (nSPS) is 19.7. The molecule has 0 amide bonds. The molecule has 18 heavy (non-hydrogen) atoms. The Morgan fingerprint density at radius 2 is 2.44 bits per heavy atom. The number of benzene rings is 1. The van der Waals surface area contributed by atoms with E-state index in [-0.39, 0.29) is 0 Å². The summed E-state index contributed by atoms with van der Waals surface area (Å²) >= 11 is 0. The standard InChI is InChI=1S/C14H22N2O2/c1-17-13-4-2-3-12(9-13)10-15-6-5-14-11-16-7-8-18-14/h2-4,9,14-16H,5-8,10-11H2,1H3. The number of methoxy groups -OCH3 is 1. The summed E-state index contributed by atoms with van der Waals surface area (Å²) in [5.41, 5.74) is 1.25. The van der Waals surface area contributed by atoms with Crippen LogP contribution in [0.1, 0.15) is 12.0 Å². The minimum Gasteiger partial charge on any atom is -0.497 e. The summed E-state index contributed by atoms with van der Waals surface area (Å²) in [6, 6.07) is 8.15. The summed E-state index contributed by atoms with van der Waals surface area (Å²) in [6.07, 6.45) is 1.41. The van der Waals surface area contributed by atoms with Gasteiger partial charge in [-0.2, -0.15) is 0 Å². The minimum atomic E-state index is 0.358. The molecule has 4 heteroatoms. The van der Waals surface area contributed by atoms with Gasteiger partial charge in [-0.15, -0.1) is 0 Å². The van der Waals surface area contributed by atoms with Gasteiger partial charge in [0, 0.05) is 19.6 Å². The zero-order valence-corrected chi connectivity index (χ0v) is 10.9. The maximum absolute atomic E-state index is 5.64. The molecule has 100 valence electrons. The number of hydrogen-bond acceptors (Lipinski definition) is 4. The lowest BCUT2D eigenvalue weighted by Gasteiger charge is -2.23. The molecule has 0 saturated carbocycles. The first-order valence-electron chi connectivity index (χ1n) is 6.54. The molecule has 1 aliphatic rings. The molecule has 0 spiro atoms. The fourth-order valence-corrected chi connectivity index (χ4v) is 2.08. The van der Waals surface area contributed by atoms with E-state index in [4.69, 9.17) is 9.47 Å². The fourth-order valence-electron chi connectivity index (χ4n) is 2.08. The molecular weight excluding hydrogens is 228 g/mol. The van der Waals surface area contributed by atoms with E-state index in [0.717, 1.165) is 45.0 Å². The van der Waals surface area contributed by atoms with E-state index in [1.807, 2.05) is 12.1 Å². The predicted octanol–water partition coefficient (Wildman–Crippen LogP) is 1.16. The second-order valence-electron chi connectivity index (χ2n) is 4.51. The Bertz CT molecular complexity index is 351. The molecule has 1 unspecified atom stereocenters. The van der Waals surface area contributed by atoms with Crippen LogP contribution in [-0.4, -0.2) is 39.5 Å². The van der Waals surface area contributed by atoms with Gasteiger partial charge < -0.3 is 20.1 Å². The van der Waals surface area contributed by atoms with Gasteiger partial charge >= 0.3 is 0 Å². The Hall–Kier alpha value is -1.10. The zero-order valence-electron chi connectivity index (χ0n) is 10.9. The molecule has 2 rings (SSSR count). The summed E-state index contributed by atoms with van der Waals surface area (Å²) in [4.78, 5) is 0. The van der Waals surface area contributed by atoms with Gasteiger partial charge in [0.05, 0.1) is 19.8 Å². The Morgan fingerprint density at radius 3 is 3.22 bits per heavy atom. The molecule has 4 nitrogen and oxygen atoms in total. The average Bonchev–Trinajstić information content (AvgIpc) is 2.45. The van der Waals surface area contributed by atoms with Crippen molar-refractivity contribution in [2.75, 3.05) is 33.4 Å². The molecule has 1 aromatic rings. The van der Waals surface area contributed by atoms with Gasteiger partial charge in [-0.1, -0.05) is 12.1 Å². The van der Waals surface area contributed by atoms with Crippen molar-refractivity contribution in [3.8, 4) is 5.75 Å². The number of hydrogen-bond donors (Lipinski definition) is 2. The van der Waals surface area contributed by atoms with Crippen LogP contribution >= 0.6 is 0 Å². The monoisotopic (exact) mass is 250 g/mol. The Balaban J connectivity index is 1.65. The van der Waals surface area contributed by atoms with E-state index in [1.165, 1.54) is 5.56 Å². The summed E-state index contributed by atoms with van der Waals surface area (Å²) in [7, 11) is 1.69. The Morgan fingerprint density at radius 1 is 1.50 bits per heavy atom. The van der Waals surface area contributed by atoms with Gasteiger partial charge in [-0.25, -0.2) is 0 Å². The van der Waals surface area contributed by atoms with E-state index < -0.39 is 0 Å². The molecule has 0 bridgehead atoms. The highest BCUT2D eigenvalue weighted by Crippen LogP contribution is 2.12. The van der Waals surface area contributed by atoms with Crippen LogP contribution in [0.25, 0.3) is 0 Å². The second-order valence-corrected chi connectivity index (χ2v) is 4.51. The highest BCUT2D eigenvalue weighted by Gasteiger charge is 2.12. The zero-order chi connectivity index (χ0) is 12.6. The van der Waals surface area contributed by atoms with E-state index in [1.54, 1.807) is 7.11 Å². The van der Waals surface area contributed by atoms with Crippen molar-refractivity contribution in [1.29, 1.82) is 0 Å². The number of nitrogens with one attached hydrogen (secondary N) is 2. The van der Waals surface area contributed by atoms with Gasteiger partial charge in [0.1, 0.15) is 5.75 Å². The van der Waals surface area contributed by atoms with E-state index in [2.05, 4.69) is 22.8 Å². The van der Waals surface area contributed by atoms with Crippen molar-refractivity contribution in [1.82, 2.24) is 10.6 Å². The van der Waals surface area contributed by atoms with E-state index >= 15 is 0 Å². The maximum Gasteiger partial charge on any atom is 0.119 e. The van der Waals surface area contributed by atoms with E-state index in [9.17, 15) is 0 Å². The van der Waals surface area contributed by atoms with Crippen molar-refractivity contribution in [2.24, 2.45) is 0 Å². The first kappa shape index (κ1) is 13.3. The lowest BCUT2D eigenvalue weighted by molar-refractivity contribution is 0.0238. The van der Waals surface area contributed by atoms with Crippen LogP contribution in [0.4, 0.5) is 0 Å². The summed E-state index contributed by atoms with van der Waals surface area (Å²) in [5.74, 6) is 0.911. The Kier molecular flexibility index (Phi) is 5.45. The first-order chi connectivity index (χ1) is 8.88. The largest absolute Gasteiger partial charge is 0.497 e. The quantitative estimate of drug-likeness (QED) is 0.744. The molecule has 0 aliphatic carbocycles. The van der Waals surface area contributed by atoms with Crippen molar-refractivity contribution in [3.05, 3.63) is 29.8 Å². The molecule has 2 N–H and O–H groups in total. The van der Waals surface area contributed by atoms with Crippen LogP contribution in [0.2, 0.25) is 0 Å². The maximum atomic E-state index is 5.64. The Labute approximate surface area is 109 Å². The van der Waals surface area contributed by atoms with Gasteiger partial charge in [0.2, 0.25) is 0 Å². The topological polar surface area (TPSA) is 42.5 Å². The lowest BCUT2D eigenvalue weighted by Crippen LogP contribution is -2.39. The first-order valence-corrected chi connectivity index (χ1v) is 6.54. The predicted molar refractivity (Wildman–Crippen MR) is 71.9 cm³/mol. The SMILES string of the molecule is COc1cccc(CNCCC2CNCCO2)c1. The van der Waals surface area contributed by atoms with Crippen molar-refractivity contribution in [3.63, 3.8) is 0 Å². The lowest BCUT2D eigenvalue weighted by atomic mass is 10.2.